The maximum Gasteiger partial charge on any atom is 0.266 e. The van der Waals surface area contributed by atoms with Gasteiger partial charge in [-0.15, -0.1) is 0 Å². The van der Waals surface area contributed by atoms with Gasteiger partial charge >= 0.3 is 0 Å². The minimum absolute atomic E-state index is 0.0375. The lowest BCUT2D eigenvalue weighted by Gasteiger charge is -2.29. The lowest BCUT2D eigenvalue weighted by molar-refractivity contribution is -0.125. The van der Waals surface area contributed by atoms with E-state index >= 15 is 0 Å². The van der Waals surface area contributed by atoms with Gasteiger partial charge in [0.25, 0.3) is 17.7 Å². The highest BCUT2D eigenvalue weighted by molar-refractivity contribution is 6.24. The number of nitrogens with one attached hydrogen (secondary N) is 3. The van der Waals surface area contributed by atoms with Gasteiger partial charge in [0.1, 0.15) is 29.0 Å². The number of imidazole rings is 1. The number of aromatic nitrogens is 3. The van der Waals surface area contributed by atoms with Crippen molar-refractivity contribution in [1.82, 2.24) is 24.8 Å². The van der Waals surface area contributed by atoms with Crippen LogP contribution in [0.15, 0.2) is 108 Å². The van der Waals surface area contributed by atoms with E-state index in [0.717, 1.165) is 55.9 Å². The van der Waals surface area contributed by atoms with Gasteiger partial charge in [-0.25, -0.2) is 4.98 Å². The SMILES string of the molecule is C=C1CCC(N2C(=O)c3cccc(OCC(=O)Nc4ccc(CCc5nc6ccc(-c7c(C)noc7C)cn6c5Nc5ccccc5)cc4)c3C2=O)C(=O)N1. The molecule has 3 aromatic heterocycles. The van der Waals surface area contributed by atoms with E-state index < -0.39 is 36.3 Å². The van der Waals surface area contributed by atoms with Gasteiger partial charge in [0.15, 0.2) is 6.61 Å². The molecule has 5 heterocycles. The van der Waals surface area contributed by atoms with Crippen LogP contribution in [0.2, 0.25) is 0 Å². The van der Waals surface area contributed by atoms with Gasteiger partial charge < -0.3 is 25.2 Å². The van der Waals surface area contributed by atoms with E-state index in [1.807, 2.05) is 80.6 Å². The fraction of sp³-hybridized carbons (Fsp3) is 0.190. The van der Waals surface area contributed by atoms with Crippen LogP contribution in [0.5, 0.6) is 5.75 Å². The second-order valence-corrected chi connectivity index (χ2v) is 13.6. The smallest absolute Gasteiger partial charge is 0.266 e. The predicted molar refractivity (Wildman–Crippen MR) is 205 cm³/mol. The van der Waals surface area contributed by atoms with Gasteiger partial charge in [0.2, 0.25) is 5.91 Å². The van der Waals surface area contributed by atoms with Crippen LogP contribution in [0.3, 0.4) is 0 Å². The van der Waals surface area contributed by atoms with E-state index in [4.69, 9.17) is 14.2 Å². The van der Waals surface area contributed by atoms with Crippen LogP contribution in [-0.4, -0.2) is 55.7 Å². The van der Waals surface area contributed by atoms with E-state index in [1.54, 1.807) is 6.07 Å². The summed E-state index contributed by atoms with van der Waals surface area (Å²) in [5.41, 5.74) is 7.74. The molecule has 0 bridgehead atoms. The predicted octanol–water partition coefficient (Wildman–Crippen LogP) is 6.54. The topological polar surface area (TPSA) is 160 Å². The van der Waals surface area contributed by atoms with E-state index in [9.17, 15) is 19.2 Å². The van der Waals surface area contributed by atoms with Crippen LogP contribution < -0.4 is 20.7 Å². The van der Waals surface area contributed by atoms with Gasteiger partial charge in [-0.05, 0) is 93.6 Å². The third kappa shape index (κ3) is 6.83. The summed E-state index contributed by atoms with van der Waals surface area (Å²) < 4.78 is 13.3. The number of rotatable bonds is 11. The second kappa shape index (κ2) is 14.4. The first kappa shape index (κ1) is 35.0. The molecule has 1 saturated heterocycles. The Morgan fingerprint density at radius 2 is 1.73 bits per heavy atom. The fourth-order valence-corrected chi connectivity index (χ4v) is 7.14. The Kier molecular flexibility index (Phi) is 9.19. The normalized spacial score (nSPS) is 15.3. The number of amides is 4. The largest absolute Gasteiger partial charge is 0.483 e. The van der Waals surface area contributed by atoms with Gasteiger partial charge in [0, 0.05) is 34.4 Å². The Morgan fingerprint density at radius 3 is 2.47 bits per heavy atom. The molecular weight excluding hydrogens is 699 g/mol. The third-order valence-corrected chi connectivity index (χ3v) is 9.84. The first-order chi connectivity index (χ1) is 26.6. The Morgan fingerprint density at radius 1 is 0.927 bits per heavy atom. The van der Waals surface area contributed by atoms with Crippen molar-refractivity contribution in [1.29, 1.82) is 0 Å². The molecule has 1 fully saturated rings. The van der Waals surface area contributed by atoms with Gasteiger partial charge in [-0.3, -0.25) is 28.5 Å². The van der Waals surface area contributed by atoms with Crippen LogP contribution in [0.4, 0.5) is 17.2 Å². The van der Waals surface area contributed by atoms with Crippen LogP contribution in [0.25, 0.3) is 16.8 Å². The molecule has 55 heavy (non-hydrogen) atoms. The molecule has 8 rings (SSSR count). The van der Waals surface area contributed by atoms with Crippen molar-refractivity contribution in [3.8, 4) is 16.9 Å². The van der Waals surface area contributed by atoms with Crippen molar-refractivity contribution in [2.75, 3.05) is 17.2 Å². The Labute approximate surface area is 316 Å². The lowest BCUT2D eigenvalue weighted by Crippen LogP contribution is -2.51. The summed E-state index contributed by atoms with van der Waals surface area (Å²) in [6.45, 7) is 7.20. The standard InChI is InChI=1S/C42H37N7O6/c1-24-12-20-33(40(51)43-24)49-41(52)31-10-7-11-34(38(31)42(49)53)54-23-36(50)44-30-17-13-27(14-18-30)15-19-32-39(45-29-8-5-4-6-9-29)48-22-28(16-21-35(48)46-32)37-25(2)47-55-26(37)3/h4-11,13-14,16-18,21-22,33,45H,1,12,15,19-20,23H2,2-3H3,(H,43,51)(H,44,50). The summed E-state index contributed by atoms with van der Waals surface area (Å²) in [7, 11) is 0. The molecular formula is C42H37N7O6. The molecule has 0 spiro atoms. The number of para-hydroxylation sites is 1. The van der Waals surface area contributed by atoms with Gasteiger partial charge in [-0.2, -0.15) is 0 Å². The number of carbonyl (C=O) groups is 4. The molecule has 13 heteroatoms. The minimum Gasteiger partial charge on any atom is -0.483 e. The summed E-state index contributed by atoms with van der Waals surface area (Å²) in [4.78, 5) is 58.1. The Balaban J connectivity index is 0.925. The number of imide groups is 1. The molecule has 0 saturated carbocycles. The lowest BCUT2D eigenvalue weighted by atomic mass is 10.0. The number of aryl methyl sites for hydroxylation is 4. The van der Waals surface area contributed by atoms with Crippen molar-refractivity contribution in [2.45, 2.75) is 45.6 Å². The second-order valence-electron chi connectivity index (χ2n) is 13.6. The van der Waals surface area contributed by atoms with E-state index in [0.29, 0.717) is 30.6 Å². The average molecular weight is 736 g/mol. The number of hydrogen-bond donors (Lipinski definition) is 3. The Bertz CT molecular complexity index is 2480. The number of pyridine rings is 1. The van der Waals surface area contributed by atoms with Crippen LogP contribution in [0.1, 0.15) is 56.3 Å². The highest BCUT2D eigenvalue weighted by Gasteiger charge is 2.45. The van der Waals surface area contributed by atoms with Crippen LogP contribution in [0, 0.1) is 13.8 Å². The third-order valence-electron chi connectivity index (χ3n) is 9.84. The number of benzene rings is 3. The average Bonchev–Trinajstić information content (AvgIpc) is 3.79. The number of allylic oxidation sites excluding steroid dienone is 1. The molecule has 276 valence electrons. The molecule has 0 aliphatic carbocycles. The summed E-state index contributed by atoms with van der Waals surface area (Å²) >= 11 is 0. The summed E-state index contributed by atoms with van der Waals surface area (Å²) in [5, 5.41) is 13.1. The molecule has 0 radical (unpaired) electrons. The van der Waals surface area contributed by atoms with E-state index in [2.05, 4.69) is 38.3 Å². The maximum atomic E-state index is 13.4. The molecule has 6 aromatic rings. The highest BCUT2D eigenvalue weighted by Crippen LogP contribution is 2.35. The maximum absolute atomic E-state index is 13.4. The summed E-state index contributed by atoms with van der Waals surface area (Å²) in [6.07, 6.45) is 4.14. The zero-order valence-corrected chi connectivity index (χ0v) is 30.2. The fourth-order valence-electron chi connectivity index (χ4n) is 7.14. The number of hydrogen-bond acceptors (Lipinski definition) is 9. The van der Waals surface area contributed by atoms with E-state index in [1.165, 1.54) is 12.1 Å². The van der Waals surface area contributed by atoms with Crippen molar-refractivity contribution >= 4 is 46.5 Å². The monoisotopic (exact) mass is 735 g/mol. The highest BCUT2D eigenvalue weighted by atomic mass is 16.5. The summed E-state index contributed by atoms with van der Waals surface area (Å²) in [5.74, 6) is -0.391. The van der Waals surface area contributed by atoms with Crippen LogP contribution in [-0.2, 0) is 22.4 Å². The number of anilines is 3. The molecule has 3 N–H and O–H groups in total. The minimum atomic E-state index is -0.947. The number of ether oxygens (including phenoxy) is 1. The zero-order chi connectivity index (χ0) is 38.2. The van der Waals surface area contributed by atoms with Gasteiger partial charge in [0.05, 0.1) is 22.5 Å². The molecule has 1 atom stereocenters. The van der Waals surface area contributed by atoms with Crippen molar-refractivity contribution in [2.24, 2.45) is 0 Å². The first-order valence-corrected chi connectivity index (χ1v) is 17.9. The quantitative estimate of drug-likeness (QED) is 0.126. The Hall–Kier alpha value is -7.02. The molecule has 2 aliphatic rings. The molecule has 2 aliphatic heterocycles. The first-order valence-electron chi connectivity index (χ1n) is 17.9. The molecule has 1 unspecified atom stereocenters. The van der Waals surface area contributed by atoms with Crippen molar-refractivity contribution < 1.29 is 28.4 Å². The van der Waals surface area contributed by atoms with Gasteiger partial charge in [-0.1, -0.05) is 48.1 Å². The van der Waals surface area contributed by atoms with Crippen LogP contribution >= 0.6 is 0 Å². The van der Waals surface area contributed by atoms with Crippen molar-refractivity contribution in [3.63, 3.8) is 0 Å². The molecule has 3 aromatic carbocycles. The molecule has 13 nitrogen and oxygen atoms in total. The number of nitrogens with zero attached hydrogens (tertiary/aromatic N) is 4. The zero-order valence-electron chi connectivity index (χ0n) is 30.2. The number of fused-ring (bicyclic) bond motifs is 2. The summed E-state index contributed by atoms with van der Waals surface area (Å²) in [6, 6.07) is 25.2. The van der Waals surface area contributed by atoms with E-state index in [-0.39, 0.29) is 23.3 Å². The number of carbonyl (C=O) groups excluding carboxylic acids is 4. The number of piperidine rings is 1. The molecule has 4 amide bonds. The van der Waals surface area contributed by atoms with Crippen molar-refractivity contribution in [3.05, 3.63) is 137 Å².